The standard InChI is InChI=1S/C23H27N3O2/c1-16(2)24-21-23(19-14-10-7-11-15-19,22(28)26(21)17(3)4)25(5)20(27)18-12-8-6-9-13-18/h6-17H,1-5H3/t23-/m1/s1. The van der Waals surface area contributed by atoms with Crippen LogP contribution in [0.2, 0.25) is 0 Å². The maximum absolute atomic E-state index is 13.5. The first-order valence-electron chi connectivity index (χ1n) is 9.62. The topological polar surface area (TPSA) is 53.0 Å². The molecule has 0 bridgehead atoms. The summed E-state index contributed by atoms with van der Waals surface area (Å²) >= 11 is 0. The quantitative estimate of drug-likeness (QED) is 0.746. The number of amidine groups is 1. The van der Waals surface area contributed by atoms with Crippen LogP contribution in [0, 0.1) is 0 Å². The molecule has 0 radical (unpaired) electrons. The molecule has 28 heavy (non-hydrogen) atoms. The number of rotatable bonds is 5. The van der Waals surface area contributed by atoms with E-state index in [1.54, 1.807) is 29.0 Å². The summed E-state index contributed by atoms with van der Waals surface area (Å²) in [5.41, 5.74) is 0.0750. The molecule has 1 aliphatic rings. The average Bonchev–Trinajstić information content (AvgIpc) is 2.68. The highest BCUT2D eigenvalue weighted by molar-refractivity contribution is 6.29. The van der Waals surface area contributed by atoms with E-state index in [4.69, 9.17) is 4.99 Å². The fourth-order valence-corrected chi connectivity index (χ4v) is 3.71. The molecule has 2 aromatic carbocycles. The summed E-state index contributed by atoms with van der Waals surface area (Å²) in [4.78, 5) is 34.9. The van der Waals surface area contributed by atoms with Crippen molar-refractivity contribution in [1.29, 1.82) is 0 Å². The van der Waals surface area contributed by atoms with Gasteiger partial charge in [-0.1, -0.05) is 48.5 Å². The molecule has 146 valence electrons. The van der Waals surface area contributed by atoms with Gasteiger partial charge in [0.25, 0.3) is 11.8 Å². The van der Waals surface area contributed by atoms with Gasteiger partial charge in [-0.3, -0.25) is 19.5 Å². The fraction of sp³-hybridized carbons (Fsp3) is 0.348. The largest absolute Gasteiger partial charge is 0.317 e. The number of hydrogen-bond acceptors (Lipinski definition) is 3. The fourth-order valence-electron chi connectivity index (χ4n) is 3.71. The molecule has 5 nitrogen and oxygen atoms in total. The molecule has 1 heterocycles. The third kappa shape index (κ3) is 3.01. The molecule has 1 atom stereocenters. The number of β-lactam (4-membered cyclic amide) rings is 1. The van der Waals surface area contributed by atoms with Gasteiger partial charge in [0.05, 0.1) is 0 Å². The third-order valence-corrected chi connectivity index (χ3v) is 5.00. The molecule has 0 unspecified atom stereocenters. The molecular weight excluding hydrogens is 350 g/mol. The lowest BCUT2D eigenvalue weighted by atomic mass is 9.76. The summed E-state index contributed by atoms with van der Waals surface area (Å²) in [5, 5.41) is 0. The van der Waals surface area contributed by atoms with Crippen LogP contribution in [0.25, 0.3) is 0 Å². The van der Waals surface area contributed by atoms with Gasteiger partial charge in [-0.25, -0.2) is 0 Å². The number of aliphatic imine (C=N–C) groups is 1. The summed E-state index contributed by atoms with van der Waals surface area (Å²) in [6.07, 6.45) is 0. The number of nitrogens with zero attached hydrogens (tertiary/aromatic N) is 3. The van der Waals surface area contributed by atoms with Crippen molar-refractivity contribution in [3.63, 3.8) is 0 Å². The van der Waals surface area contributed by atoms with Crippen molar-refractivity contribution >= 4 is 17.6 Å². The Hall–Kier alpha value is -2.95. The molecule has 3 rings (SSSR count). The number of likely N-dealkylation sites (tertiary alicyclic amines) is 1. The van der Waals surface area contributed by atoms with Gasteiger partial charge in [0.2, 0.25) is 5.54 Å². The van der Waals surface area contributed by atoms with Gasteiger partial charge in [-0.2, -0.15) is 0 Å². The zero-order valence-electron chi connectivity index (χ0n) is 17.1. The van der Waals surface area contributed by atoms with Crippen LogP contribution in [0.3, 0.4) is 0 Å². The molecule has 2 amide bonds. The molecule has 0 aliphatic carbocycles. The van der Waals surface area contributed by atoms with E-state index in [0.717, 1.165) is 5.56 Å². The first kappa shape index (κ1) is 19.8. The first-order valence-corrected chi connectivity index (χ1v) is 9.62. The van der Waals surface area contributed by atoms with Gasteiger partial charge in [0.15, 0.2) is 0 Å². The Labute approximate surface area is 166 Å². The number of carbonyl (C=O) groups is 2. The number of carbonyl (C=O) groups excluding carboxylic acids is 2. The highest BCUT2D eigenvalue weighted by Gasteiger charge is 2.64. The smallest absolute Gasteiger partial charge is 0.266 e. The Bertz CT molecular complexity index is 891. The molecule has 1 fully saturated rings. The van der Waals surface area contributed by atoms with Gasteiger partial charge in [-0.15, -0.1) is 0 Å². The lowest BCUT2D eigenvalue weighted by Gasteiger charge is -2.55. The summed E-state index contributed by atoms with van der Waals surface area (Å²) in [6, 6.07) is 18.4. The Kier molecular flexibility index (Phi) is 5.36. The van der Waals surface area contributed by atoms with Crippen LogP contribution in [-0.4, -0.2) is 46.6 Å². The Morgan fingerprint density at radius 3 is 2.00 bits per heavy atom. The number of hydrogen-bond donors (Lipinski definition) is 0. The molecule has 5 heteroatoms. The highest BCUT2D eigenvalue weighted by atomic mass is 16.2. The van der Waals surface area contributed by atoms with Crippen molar-refractivity contribution in [3.05, 3.63) is 71.8 Å². The predicted molar refractivity (Wildman–Crippen MR) is 111 cm³/mol. The maximum Gasteiger partial charge on any atom is 0.266 e. The summed E-state index contributed by atoms with van der Waals surface area (Å²) < 4.78 is 0. The summed E-state index contributed by atoms with van der Waals surface area (Å²) in [6.45, 7) is 7.87. The summed E-state index contributed by atoms with van der Waals surface area (Å²) in [5.74, 6) is 0.290. The molecule has 0 aromatic heterocycles. The van der Waals surface area contributed by atoms with Crippen molar-refractivity contribution in [2.45, 2.75) is 45.3 Å². The Morgan fingerprint density at radius 2 is 1.50 bits per heavy atom. The minimum absolute atomic E-state index is 0.00679. The van der Waals surface area contributed by atoms with E-state index in [9.17, 15) is 9.59 Å². The van der Waals surface area contributed by atoms with Crippen molar-refractivity contribution < 1.29 is 9.59 Å². The average molecular weight is 377 g/mol. The van der Waals surface area contributed by atoms with Crippen molar-refractivity contribution in [1.82, 2.24) is 9.80 Å². The van der Waals surface area contributed by atoms with Crippen LogP contribution >= 0.6 is 0 Å². The SMILES string of the molecule is CC(C)N=C1N(C(C)C)C(=O)[C@]1(c1ccccc1)N(C)C(=O)c1ccccc1. The van der Waals surface area contributed by atoms with Gasteiger partial charge in [0, 0.05) is 24.7 Å². The van der Waals surface area contributed by atoms with Crippen molar-refractivity contribution in [3.8, 4) is 0 Å². The number of likely N-dealkylation sites (N-methyl/N-ethyl adjacent to an activating group) is 1. The van der Waals surface area contributed by atoms with E-state index in [-0.39, 0.29) is 23.9 Å². The summed E-state index contributed by atoms with van der Waals surface area (Å²) in [7, 11) is 1.69. The van der Waals surface area contributed by atoms with Crippen LogP contribution < -0.4 is 0 Å². The lowest BCUT2D eigenvalue weighted by molar-refractivity contribution is -0.144. The zero-order valence-corrected chi connectivity index (χ0v) is 17.1. The van der Waals surface area contributed by atoms with Crippen LogP contribution in [0.15, 0.2) is 65.7 Å². The van der Waals surface area contributed by atoms with E-state index < -0.39 is 5.54 Å². The monoisotopic (exact) mass is 377 g/mol. The van der Waals surface area contributed by atoms with Crippen molar-refractivity contribution in [2.75, 3.05) is 7.05 Å². The van der Waals surface area contributed by atoms with E-state index in [1.807, 2.05) is 76.2 Å². The van der Waals surface area contributed by atoms with E-state index in [2.05, 4.69) is 0 Å². The number of benzene rings is 2. The van der Waals surface area contributed by atoms with Crippen LogP contribution in [0.5, 0.6) is 0 Å². The maximum atomic E-state index is 13.5. The number of amides is 2. The normalized spacial score (nSPS) is 20.6. The first-order chi connectivity index (χ1) is 13.3. The van der Waals surface area contributed by atoms with Gasteiger partial charge in [-0.05, 0) is 45.4 Å². The van der Waals surface area contributed by atoms with Gasteiger partial charge >= 0.3 is 0 Å². The highest BCUT2D eigenvalue weighted by Crippen LogP contribution is 2.43. The van der Waals surface area contributed by atoms with E-state index in [1.165, 1.54) is 0 Å². The Balaban J connectivity index is 2.20. The molecule has 0 N–H and O–H groups in total. The minimum atomic E-state index is -1.22. The van der Waals surface area contributed by atoms with E-state index >= 15 is 0 Å². The molecular formula is C23H27N3O2. The van der Waals surface area contributed by atoms with Crippen LogP contribution in [0.4, 0.5) is 0 Å². The van der Waals surface area contributed by atoms with Crippen molar-refractivity contribution in [2.24, 2.45) is 4.99 Å². The van der Waals surface area contributed by atoms with E-state index in [0.29, 0.717) is 11.4 Å². The van der Waals surface area contributed by atoms with Crippen LogP contribution in [0.1, 0.15) is 43.6 Å². The Morgan fingerprint density at radius 1 is 0.964 bits per heavy atom. The zero-order chi connectivity index (χ0) is 20.5. The molecule has 0 spiro atoms. The second kappa shape index (κ2) is 7.58. The molecule has 1 saturated heterocycles. The minimum Gasteiger partial charge on any atom is -0.317 e. The second-order valence-electron chi connectivity index (χ2n) is 7.62. The molecule has 1 aliphatic heterocycles. The third-order valence-electron chi connectivity index (χ3n) is 5.00. The lowest BCUT2D eigenvalue weighted by Crippen LogP contribution is -2.77. The van der Waals surface area contributed by atoms with Gasteiger partial charge in [0.1, 0.15) is 5.84 Å². The van der Waals surface area contributed by atoms with Crippen LogP contribution in [-0.2, 0) is 10.3 Å². The van der Waals surface area contributed by atoms with Gasteiger partial charge < -0.3 is 4.90 Å². The molecule has 2 aromatic rings. The second-order valence-corrected chi connectivity index (χ2v) is 7.62. The predicted octanol–water partition coefficient (Wildman–Crippen LogP) is 3.71. The molecule has 0 saturated carbocycles.